The van der Waals surface area contributed by atoms with Crippen molar-refractivity contribution in [1.29, 1.82) is 0 Å². The molecular weight excluding hydrogens is 292 g/mol. The predicted octanol–water partition coefficient (Wildman–Crippen LogP) is 1.14. The normalized spacial score (nSPS) is 29.4. The van der Waals surface area contributed by atoms with Crippen molar-refractivity contribution in [3.8, 4) is 0 Å². The van der Waals surface area contributed by atoms with Crippen LogP contribution in [0.15, 0.2) is 29.2 Å². The number of nitrogen functional groups attached to an aromatic ring is 1. The van der Waals surface area contributed by atoms with Crippen molar-refractivity contribution in [2.24, 2.45) is 11.3 Å². The van der Waals surface area contributed by atoms with Gasteiger partial charge in [-0.3, -0.25) is 4.79 Å². The van der Waals surface area contributed by atoms with E-state index in [0.717, 1.165) is 12.8 Å². The minimum atomic E-state index is -3.74. The molecular formula is C14H18N2O4S. The molecule has 1 aliphatic carbocycles. The van der Waals surface area contributed by atoms with E-state index in [9.17, 15) is 18.3 Å². The molecule has 0 radical (unpaired) electrons. The summed E-state index contributed by atoms with van der Waals surface area (Å²) in [4.78, 5) is 11.7. The Labute approximate surface area is 123 Å². The van der Waals surface area contributed by atoms with Gasteiger partial charge in [0.2, 0.25) is 10.0 Å². The van der Waals surface area contributed by atoms with Gasteiger partial charge in [-0.05, 0) is 30.9 Å². The van der Waals surface area contributed by atoms with E-state index in [-0.39, 0.29) is 29.6 Å². The Morgan fingerprint density at radius 1 is 1.38 bits per heavy atom. The monoisotopic (exact) mass is 310 g/mol. The van der Waals surface area contributed by atoms with Crippen LogP contribution in [0.3, 0.4) is 0 Å². The molecule has 0 spiro atoms. The average Bonchev–Trinajstić information content (AvgIpc) is 2.96. The number of aliphatic carboxylic acids is 1. The van der Waals surface area contributed by atoms with Gasteiger partial charge in [-0.25, -0.2) is 8.42 Å². The highest BCUT2D eigenvalue weighted by atomic mass is 32.2. The van der Waals surface area contributed by atoms with Crippen LogP contribution in [-0.4, -0.2) is 36.9 Å². The Hall–Kier alpha value is -1.60. The number of carbonyl (C=O) groups is 1. The van der Waals surface area contributed by atoms with Crippen molar-refractivity contribution in [3.05, 3.63) is 24.3 Å². The summed E-state index contributed by atoms with van der Waals surface area (Å²) in [5.41, 5.74) is 5.03. The van der Waals surface area contributed by atoms with Crippen molar-refractivity contribution in [2.75, 3.05) is 18.8 Å². The Balaban J connectivity index is 1.96. The third-order valence-corrected chi connectivity index (χ3v) is 6.69. The maximum Gasteiger partial charge on any atom is 0.311 e. The summed E-state index contributed by atoms with van der Waals surface area (Å²) in [7, 11) is -3.74. The largest absolute Gasteiger partial charge is 0.481 e. The van der Waals surface area contributed by atoms with Crippen molar-refractivity contribution < 1.29 is 18.3 Å². The lowest BCUT2D eigenvalue weighted by molar-refractivity contribution is -0.149. The molecule has 3 rings (SSSR count). The zero-order valence-electron chi connectivity index (χ0n) is 11.5. The molecule has 0 unspecified atom stereocenters. The van der Waals surface area contributed by atoms with E-state index in [0.29, 0.717) is 6.42 Å². The molecule has 2 aliphatic rings. The fourth-order valence-corrected chi connectivity index (χ4v) is 5.30. The van der Waals surface area contributed by atoms with Crippen LogP contribution in [0.1, 0.15) is 19.3 Å². The number of para-hydroxylation sites is 1. The average molecular weight is 310 g/mol. The number of carboxylic acids is 1. The molecule has 1 saturated heterocycles. The van der Waals surface area contributed by atoms with Gasteiger partial charge in [-0.2, -0.15) is 4.31 Å². The minimum Gasteiger partial charge on any atom is -0.481 e. The number of hydrogen-bond acceptors (Lipinski definition) is 4. The number of rotatable bonds is 3. The van der Waals surface area contributed by atoms with Gasteiger partial charge < -0.3 is 10.8 Å². The molecule has 3 N–H and O–H groups in total. The molecule has 2 fully saturated rings. The summed E-state index contributed by atoms with van der Waals surface area (Å²) < 4.78 is 26.7. The second kappa shape index (κ2) is 4.71. The fourth-order valence-electron chi connectivity index (χ4n) is 3.63. The summed E-state index contributed by atoms with van der Waals surface area (Å²) in [5, 5.41) is 9.54. The van der Waals surface area contributed by atoms with Gasteiger partial charge in [-0.1, -0.05) is 18.6 Å². The molecule has 0 aromatic heterocycles. The van der Waals surface area contributed by atoms with Crippen LogP contribution in [0, 0.1) is 11.3 Å². The Morgan fingerprint density at radius 3 is 2.71 bits per heavy atom. The molecule has 21 heavy (non-hydrogen) atoms. The third kappa shape index (κ3) is 2.03. The van der Waals surface area contributed by atoms with Crippen LogP contribution < -0.4 is 5.73 Å². The topological polar surface area (TPSA) is 101 Å². The quantitative estimate of drug-likeness (QED) is 0.815. The smallest absolute Gasteiger partial charge is 0.311 e. The molecule has 0 amide bonds. The Bertz CT molecular complexity index is 688. The molecule has 114 valence electrons. The lowest BCUT2D eigenvalue weighted by Gasteiger charge is -2.23. The zero-order valence-corrected chi connectivity index (χ0v) is 12.3. The first kappa shape index (κ1) is 14.3. The summed E-state index contributed by atoms with van der Waals surface area (Å²) in [5.74, 6) is -0.988. The second-order valence-corrected chi connectivity index (χ2v) is 7.79. The van der Waals surface area contributed by atoms with E-state index >= 15 is 0 Å². The molecule has 7 heteroatoms. The highest BCUT2D eigenvalue weighted by molar-refractivity contribution is 7.89. The molecule has 1 aromatic rings. The lowest BCUT2D eigenvalue weighted by Crippen LogP contribution is -2.37. The predicted molar refractivity (Wildman–Crippen MR) is 77.0 cm³/mol. The first-order valence-electron chi connectivity index (χ1n) is 6.96. The molecule has 1 aliphatic heterocycles. The maximum atomic E-state index is 12.7. The van der Waals surface area contributed by atoms with Gasteiger partial charge in [0.25, 0.3) is 0 Å². The molecule has 1 saturated carbocycles. The summed E-state index contributed by atoms with van der Waals surface area (Å²) in [6, 6.07) is 6.29. The number of nitrogens with two attached hydrogens (primary N) is 1. The first-order chi connectivity index (χ1) is 9.88. The van der Waals surface area contributed by atoms with E-state index in [1.807, 2.05) is 0 Å². The van der Waals surface area contributed by atoms with Crippen LogP contribution >= 0.6 is 0 Å². The summed E-state index contributed by atoms with van der Waals surface area (Å²) in [6.45, 7) is 0.312. The SMILES string of the molecule is Nc1ccccc1S(=O)(=O)N1C[C@@H]2CCC[C@@]2(C(=O)O)C1. The van der Waals surface area contributed by atoms with Crippen LogP contribution in [0.5, 0.6) is 0 Å². The number of hydrogen-bond donors (Lipinski definition) is 2. The van der Waals surface area contributed by atoms with Gasteiger partial charge in [0.05, 0.1) is 11.1 Å². The molecule has 0 bridgehead atoms. The van der Waals surface area contributed by atoms with Crippen LogP contribution in [-0.2, 0) is 14.8 Å². The van der Waals surface area contributed by atoms with Crippen molar-refractivity contribution >= 4 is 21.7 Å². The van der Waals surface area contributed by atoms with Crippen molar-refractivity contribution in [1.82, 2.24) is 4.31 Å². The van der Waals surface area contributed by atoms with E-state index < -0.39 is 21.4 Å². The van der Waals surface area contributed by atoms with E-state index in [1.165, 1.54) is 16.4 Å². The number of benzene rings is 1. The second-order valence-electron chi connectivity index (χ2n) is 5.89. The van der Waals surface area contributed by atoms with E-state index in [4.69, 9.17) is 5.73 Å². The standard InChI is InChI=1S/C14H18N2O4S/c15-11-5-1-2-6-12(11)21(19,20)16-8-10-4-3-7-14(10,9-16)13(17)18/h1-2,5-6,10H,3-4,7-9,15H2,(H,17,18)/t10-,14+/m0/s1. The van der Waals surface area contributed by atoms with Gasteiger partial charge >= 0.3 is 5.97 Å². The van der Waals surface area contributed by atoms with Gasteiger partial charge in [0, 0.05) is 13.1 Å². The maximum absolute atomic E-state index is 12.7. The highest BCUT2D eigenvalue weighted by Crippen LogP contribution is 2.50. The highest BCUT2D eigenvalue weighted by Gasteiger charge is 2.57. The van der Waals surface area contributed by atoms with Crippen LogP contribution in [0.2, 0.25) is 0 Å². The Morgan fingerprint density at radius 2 is 2.10 bits per heavy atom. The number of anilines is 1. The van der Waals surface area contributed by atoms with Gasteiger partial charge in [-0.15, -0.1) is 0 Å². The Kier molecular flexibility index (Phi) is 3.22. The number of nitrogens with zero attached hydrogens (tertiary/aromatic N) is 1. The van der Waals surface area contributed by atoms with E-state index in [2.05, 4.69) is 0 Å². The summed E-state index contributed by atoms with van der Waals surface area (Å²) >= 11 is 0. The van der Waals surface area contributed by atoms with Crippen molar-refractivity contribution in [3.63, 3.8) is 0 Å². The molecule has 2 atom stereocenters. The van der Waals surface area contributed by atoms with Gasteiger partial charge in [0.15, 0.2) is 0 Å². The molecule has 6 nitrogen and oxygen atoms in total. The molecule has 1 heterocycles. The minimum absolute atomic E-state index is 0.0453. The number of fused-ring (bicyclic) bond motifs is 1. The van der Waals surface area contributed by atoms with Gasteiger partial charge in [0.1, 0.15) is 4.90 Å². The van der Waals surface area contributed by atoms with Crippen molar-refractivity contribution in [2.45, 2.75) is 24.2 Å². The first-order valence-corrected chi connectivity index (χ1v) is 8.40. The third-order valence-electron chi connectivity index (χ3n) is 4.80. The lowest BCUT2D eigenvalue weighted by atomic mass is 9.81. The summed E-state index contributed by atoms with van der Waals surface area (Å²) in [6.07, 6.45) is 2.16. The number of sulfonamides is 1. The van der Waals surface area contributed by atoms with Crippen LogP contribution in [0.25, 0.3) is 0 Å². The number of carboxylic acid groups (broad SMARTS) is 1. The van der Waals surface area contributed by atoms with E-state index in [1.54, 1.807) is 12.1 Å². The fraction of sp³-hybridized carbons (Fsp3) is 0.500. The van der Waals surface area contributed by atoms with Crippen LogP contribution in [0.4, 0.5) is 5.69 Å². The zero-order chi connectivity index (χ0) is 15.3. The molecule has 1 aromatic carbocycles.